The maximum Gasteiger partial charge on any atom is 0.00207 e. The normalized spacial score (nSPS) is 22.2. The summed E-state index contributed by atoms with van der Waals surface area (Å²) in [6, 6.07) is 0. The third kappa shape index (κ3) is 3.27. The van der Waals surface area contributed by atoms with Crippen molar-refractivity contribution in [2.45, 2.75) is 58.8 Å². The molecule has 0 nitrogen and oxygen atoms in total. The second-order valence-electron chi connectivity index (χ2n) is 4.77. The Morgan fingerprint density at radius 1 is 1.00 bits per heavy atom. The lowest BCUT2D eigenvalue weighted by molar-refractivity contribution is 0.511. The molecule has 0 amide bonds. The highest BCUT2D eigenvalue weighted by Crippen LogP contribution is 2.33. The summed E-state index contributed by atoms with van der Waals surface area (Å²) in [6.45, 7) is 0. The second kappa shape index (κ2) is 6.59. The van der Waals surface area contributed by atoms with E-state index >= 15 is 0 Å². The zero-order chi connectivity index (χ0) is 10.5. The third-order valence-corrected chi connectivity index (χ3v) is 3.75. The van der Waals surface area contributed by atoms with Gasteiger partial charge in [-0.1, -0.05) is 56.8 Å². The van der Waals surface area contributed by atoms with Crippen LogP contribution in [0.3, 0.4) is 0 Å². The Balaban J connectivity index is 0.00000128. The third-order valence-electron chi connectivity index (χ3n) is 3.75. The standard InChI is InChI=1S/C15H20.CH4/c1-2-13-9-11-15(12-10-13)14-7-5-3-4-6-8-14;/h1,9,11,14H,3-8,10,12H2;1H4. The van der Waals surface area contributed by atoms with Gasteiger partial charge in [-0.05, 0) is 31.6 Å². The Morgan fingerprint density at radius 3 is 2.19 bits per heavy atom. The Labute approximate surface area is 101 Å². The first-order valence-electron chi connectivity index (χ1n) is 6.26. The first kappa shape index (κ1) is 13.1. The van der Waals surface area contributed by atoms with Crippen molar-refractivity contribution >= 4 is 0 Å². The van der Waals surface area contributed by atoms with E-state index in [4.69, 9.17) is 6.42 Å². The van der Waals surface area contributed by atoms with Crippen molar-refractivity contribution in [2.24, 2.45) is 5.92 Å². The minimum absolute atomic E-state index is 0. The van der Waals surface area contributed by atoms with E-state index in [1.807, 2.05) is 0 Å². The minimum atomic E-state index is 0. The largest absolute Gasteiger partial charge is 0.115 e. The lowest BCUT2D eigenvalue weighted by Gasteiger charge is -2.20. The van der Waals surface area contributed by atoms with Gasteiger partial charge in [-0.15, -0.1) is 6.42 Å². The molecule has 2 aliphatic carbocycles. The molecular weight excluding hydrogens is 192 g/mol. The van der Waals surface area contributed by atoms with Gasteiger partial charge in [0.15, 0.2) is 0 Å². The van der Waals surface area contributed by atoms with E-state index in [9.17, 15) is 0 Å². The van der Waals surface area contributed by atoms with Crippen LogP contribution in [0.15, 0.2) is 23.3 Å². The van der Waals surface area contributed by atoms with Gasteiger partial charge in [0, 0.05) is 5.57 Å². The first-order valence-corrected chi connectivity index (χ1v) is 6.26. The number of terminal acetylenes is 1. The molecular formula is C16H24. The molecule has 0 aromatic heterocycles. The zero-order valence-corrected chi connectivity index (χ0v) is 9.47. The van der Waals surface area contributed by atoms with Crippen LogP contribution < -0.4 is 0 Å². The summed E-state index contributed by atoms with van der Waals surface area (Å²) in [5.41, 5.74) is 2.84. The monoisotopic (exact) mass is 216 g/mol. The number of hydrogen-bond acceptors (Lipinski definition) is 0. The van der Waals surface area contributed by atoms with Crippen molar-refractivity contribution < 1.29 is 0 Å². The van der Waals surface area contributed by atoms with Crippen LogP contribution in [0, 0.1) is 18.3 Å². The van der Waals surface area contributed by atoms with Gasteiger partial charge in [0.1, 0.15) is 0 Å². The van der Waals surface area contributed by atoms with Gasteiger partial charge in [0.05, 0.1) is 0 Å². The summed E-state index contributed by atoms with van der Waals surface area (Å²) in [6.07, 6.45) is 20.7. The molecule has 0 bridgehead atoms. The van der Waals surface area contributed by atoms with Gasteiger partial charge in [-0.25, -0.2) is 0 Å². The quantitative estimate of drug-likeness (QED) is 0.433. The smallest absolute Gasteiger partial charge is 0.00207 e. The fourth-order valence-corrected chi connectivity index (χ4v) is 2.76. The van der Waals surface area contributed by atoms with Crippen LogP contribution in [-0.4, -0.2) is 0 Å². The van der Waals surface area contributed by atoms with Crippen molar-refractivity contribution in [1.29, 1.82) is 0 Å². The van der Waals surface area contributed by atoms with Crippen LogP contribution in [0.5, 0.6) is 0 Å². The molecule has 0 aliphatic heterocycles. The van der Waals surface area contributed by atoms with Gasteiger partial charge < -0.3 is 0 Å². The van der Waals surface area contributed by atoms with Crippen LogP contribution in [0.2, 0.25) is 0 Å². The molecule has 1 saturated carbocycles. The van der Waals surface area contributed by atoms with Crippen LogP contribution in [0.1, 0.15) is 58.8 Å². The van der Waals surface area contributed by atoms with Gasteiger partial charge in [-0.2, -0.15) is 0 Å². The van der Waals surface area contributed by atoms with Crippen molar-refractivity contribution in [1.82, 2.24) is 0 Å². The molecule has 0 atom stereocenters. The van der Waals surface area contributed by atoms with Crippen molar-refractivity contribution in [3.05, 3.63) is 23.3 Å². The molecule has 88 valence electrons. The second-order valence-corrected chi connectivity index (χ2v) is 4.77. The Hall–Kier alpha value is -0.960. The maximum absolute atomic E-state index is 5.40. The summed E-state index contributed by atoms with van der Waals surface area (Å²) < 4.78 is 0. The van der Waals surface area contributed by atoms with Gasteiger partial charge >= 0.3 is 0 Å². The van der Waals surface area contributed by atoms with E-state index in [1.165, 1.54) is 50.5 Å². The van der Waals surface area contributed by atoms with E-state index < -0.39 is 0 Å². The highest BCUT2D eigenvalue weighted by atomic mass is 14.2. The fourth-order valence-electron chi connectivity index (χ4n) is 2.76. The average molecular weight is 216 g/mol. The SMILES string of the molecule is C.C#CC1=CC=C(C2CCCCCC2)CC1. The van der Waals surface area contributed by atoms with Crippen LogP contribution in [0.4, 0.5) is 0 Å². The minimum Gasteiger partial charge on any atom is -0.115 e. The number of allylic oxidation sites excluding steroid dienone is 4. The maximum atomic E-state index is 5.40. The van der Waals surface area contributed by atoms with Gasteiger partial charge in [-0.3, -0.25) is 0 Å². The van der Waals surface area contributed by atoms with E-state index in [0.29, 0.717) is 0 Å². The van der Waals surface area contributed by atoms with E-state index in [0.717, 1.165) is 12.3 Å². The molecule has 0 aromatic carbocycles. The first-order chi connectivity index (χ1) is 7.40. The predicted octanol–water partition coefficient (Wildman–Crippen LogP) is 4.87. The molecule has 0 radical (unpaired) electrons. The molecule has 0 aromatic rings. The van der Waals surface area contributed by atoms with E-state index in [1.54, 1.807) is 5.57 Å². The van der Waals surface area contributed by atoms with E-state index in [-0.39, 0.29) is 7.43 Å². The summed E-state index contributed by atoms with van der Waals surface area (Å²) in [5, 5.41) is 0. The topological polar surface area (TPSA) is 0 Å². The van der Waals surface area contributed by atoms with Crippen LogP contribution in [-0.2, 0) is 0 Å². The molecule has 0 unspecified atom stereocenters. The molecule has 0 spiro atoms. The summed E-state index contributed by atoms with van der Waals surface area (Å²) in [7, 11) is 0. The molecule has 2 rings (SSSR count). The van der Waals surface area contributed by atoms with Crippen LogP contribution >= 0.6 is 0 Å². The molecule has 0 heteroatoms. The summed E-state index contributed by atoms with van der Waals surface area (Å²) in [5.74, 6) is 3.62. The predicted molar refractivity (Wildman–Crippen MR) is 72.2 cm³/mol. The van der Waals surface area contributed by atoms with E-state index in [2.05, 4.69) is 18.1 Å². The lowest BCUT2D eigenvalue weighted by Crippen LogP contribution is -2.05. The summed E-state index contributed by atoms with van der Waals surface area (Å²) in [4.78, 5) is 0. The number of rotatable bonds is 1. The Morgan fingerprint density at radius 2 is 1.69 bits per heavy atom. The Bertz CT molecular complexity index is 303. The average Bonchev–Trinajstić information content (AvgIpc) is 2.58. The summed E-state index contributed by atoms with van der Waals surface area (Å²) >= 11 is 0. The van der Waals surface area contributed by atoms with Gasteiger partial charge in [0.25, 0.3) is 0 Å². The molecule has 2 aliphatic rings. The van der Waals surface area contributed by atoms with Gasteiger partial charge in [0.2, 0.25) is 0 Å². The molecule has 1 fully saturated rings. The fraction of sp³-hybridized carbons (Fsp3) is 0.625. The number of hydrogen-bond donors (Lipinski definition) is 0. The van der Waals surface area contributed by atoms with Crippen molar-refractivity contribution in [3.63, 3.8) is 0 Å². The molecule has 16 heavy (non-hydrogen) atoms. The highest BCUT2D eigenvalue weighted by molar-refractivity contribution is 5.35. The molecule has 0 N–H and O–H groups in total. The van der Waals surface area contributed by atoms with Crippen molar-refractivity contribution in [3.8, 4) is 12.3 Å². The zero-order valence-electron chi connectivity index (χ0n) is 9.47. The van der Waals surface area contributed by atoms with Crippen molar-refractivity contribution in [2.75, 3.05) is 0 Å². The molecule has 0 saturated heterocycles. The Kier molecular flexibility index (Phi) is 5.39. The molecule has 0 heterocycles. The highest BCUT2D eigenvalue weighted by Gasteiger charge is 2.17. The van der Waals surface area contributed by atoms with Crippen LogP contribution in [0.25, 0.3) is 0 Å². The lowest BCUT2D eigenvalue weighted by atomic mass is 9.85.